The van der Waals surface area contributed by atoms with Gasteiger partial charge in [0.2, 0.25) is 0 Å². The van der Waals surface area contributed by atoms with Gasteiger partial charge in [0, 0.05) is 23.2 Å². The van der Waals surface area contributed by atoms with Crippen LogP contribution in [0.3, 0.4) is 0 Å². The van der Waals surface area contributed by atoms with Crippen LogP contribution in [0.4, 0.5) is 0 Å². The summed E-state index contributed by atoms with van der Waals surface area (Å²) in [7, 11) is 0. The first-order valence-electron chi connectivity index (χ1n) is 6.21. The molecular formula is C14H22ClNO. The third-order valence-electron chi connectivity index (χ3n) is 2.64. The fraction of sp³-hybridized carbons (Fsp3) is 0.571. The van der Waals surface area contributed by atoms with Gasteiger partial charge in [-0.05, 0) is 45.4 Å². The van der Waals surface area contributed by atoms with Crippen molar-refractivity contribution in [1.29, 1.82) is 0 Å². The zero-order chi connectivity index (χ0) is 12.8. The molecule has 1 aromatic carbocycles. The molecule has 0 aromatic heterocycles. The van der Waals surface area contributed by atoms with E-state index in [4.69, 9.17) is 16.3 Å². The largest absolute Gasteiger partial charge is 0.491 e. The maximum Gasteiger partial charge on any atom is 0.124 e. The lowest BCUT2D eigenvalue weighted by Gasteiger charge is -2.17. The van der Waals surface area contributed by atoms with Gasteiger partial charge in [0.25, 0.3) is 0 Å². The zero-order valence-electron chi connectivity index (χ0n) is 11.1. The lowest BCUT2D eigenvalue weighted by atomic mass is 10.1. The second-order valence-corrected chi connectivity index (χ2v) is 5.05. The Kier molecular flexibility index (Phi) is 5.79. The highest BCUT2D eigenvalue weighted by atomic mass is 35.5. The maximum absolute atomic E-state index is 6.02. The molecule has 0 bridgehead atoms. The van der Waals surface area contributed by atoms with E-state index in [9.17, 15) is 0 Å². The summed E-state index contributed by atoms with van der Waals surface area (Å²) in [5, 5.41) is 4.20. The van der Waals surface area contributed by atoms with Gasteiger partial charge in [0.15, 0.2) is 0 Å². The van der Waals surface area contributed by atoms with Crippen molar-refractivity contribution in [3.63, 3.8) is 0 Å². The van der Waals surface area contributed by atoms with Crippen molar-refractivity contribution in [2.24, 2.45) is 0 Å². The predicted molar refractivity (Wildman–Crippen MR) is 73.8 cm³/mol. The Labute approximate surface area is 109 Å². The molecule has 0 amide bonds. The lowest BCUT2D eigenvalue weighted by molar-refractivity contribution is 0.239. The van der Waals surface area contributed by atoms with Crippen LogP contribution in [-0.2, 0) is 6.54 Å². The van der Waals surface area contributed by atoms with Crippen LogP contribution in [0.15, 0.2) is 18.2 Å². The van der Waals surface area contributed by atoms with E-state index in [-0.39, 0.29) is 6.10 Å². The van der Waals surface area contributed by atoms with Crippen molar-refractivity contribution in [3.05, 3.63) is 28.8 Å². The summed E-state index contributed by atoms with van der Waals surface area (Å²) in [5.74, 6) is 0.917. The van der Waals surface area contributed by atoms with Gasteiger partial charge in [0.05, 0.1) is 6.10 Å². The van der Waals surface area contributed by atoms with Gasteiger partial charge in [0.1, 0.15) is 5.75 Å². The summed E-state index contributed by atoms with van der Waals surface area (Å²) in [6, 6.07) is 6.28. The van der Waals surface area contributed by atoms with Crippen molar-refractivity contribution in [2.75, 3.05) is 0 Å². The van der Waals surface area contributed by atoms with E-state index in [0.717, 1.165) is 29.3 Å². The van der Waals surface area contributed by atoms with E-state index in [2.05, 4.69) is 19.2 Å². The Morgan fingerprint density at radius 1 is 1.29 bits per heavy atom. The van der Waals surface area contributed by atoms with Crippen LogP contribution >= 0.6 is 11.6 Å². The molecule has 1 aromatic rings. The van der Waals surface area contributed by atoms with E-state index in [1.165, 1.54) is 0 Å². The molecule has 0 radical (unpaired) electrons. The van der Waals surface area contributed by atoms with Crippen molar-refractivity contribution >= 4 is 11.6 Å². The van der Waals surface area contributed by atoms with E-state index < -0.39 is 0 Å². The van der Waals surface area contributed by atoms with Gasteiger partial charge in [-0.15, -0.1) is 0 Å². The van der Waals surface area contributed by atoms with Crippen LogP contribution in [-0.4, -0.2) is 12.1 Å². The summed E-state index contributed by atoms with van der Waals surface area (Å²) in [6.45, 7) is 9.19. The number of halogens is 1. The van der Waals surface area contributed by atoms with Crippen LogP contribution in [0.2, 0.25) is 5.02 Å². The van der Waals surface area contributed by atoms with Crippen molar-refractivity contribution in [1.82, 2.24) is 5.32 Å². The first kappa shape index (κ1) is 14.3. The van der Waals surface area contributed by atoms with Crippen LogP contribution in [0.5, 0.6) is 5.75 Å². The highest BCUT2D eigenvalue weighted by Crippen LogP contribution is 2.24. The quantitative estimate of drug-likeness (QED) is 0.829. The molecule has 96 valence electrons. The average Bonchev–Trinajstić information content (AvgIpc) is 2.28. The summed E-state index contributed by atoms with van der Waals surface area (Å²) in [5.41, 5.74) is 1.12. The van der Waals surface area contributed by atoms with E-state index in [0.29, 0.717) is 6.04 Å². The van der Waals surface area contributed by atoms with Gasteiger partial charge >= 0.3 is 0 Å². The summed E-state index contributed by atoms with van der Waals surface area (Å²) in [6.07, 6.45) is 1.29. The van der Waals surface area contributed by atoms with E-state index in [1.54, 1.807) is 0 Å². The molecule has 0 saturated heterocycles. The van der Waals surface area contributed by atoms with Gasteiger partial charge in [-0.3, -0.25) is 0 Å². The SMILES string of the molecule is CCC(C)NCc1cc(Cl)ccc1OC(C)C. The van der Waals surface area contributed by atoms with Crippen molar-refractivity contribution in [3.8, 4) is 5.75 Å². The number of rotatable bonds is 6. The van der Waals surface area contributed by atoms with Crippen LogP contribution < -0.4 is 10.1 Å². The molecular weight excluding hydrogens is 234 g/mol. The second kappa shape index (κ2) is 6.87. The third kappa shape index (κ3) is 4.97. The lowest BCUT2D eigenvalue weighted by Crippen LogP contribution is -2.25. The van der Waals surface area contributed by atoms with Crippen molar-refractivity contribution < 1.29 is 4.74 Å². The molecule has 1 unspecified atom stereocenters. The normalized spacial score (nSPS) is 12.8. The van der Waals surface area contributed by atoms with Crippen LogP contribution in [0.1, 0.15) is 39.7 Å². The Balaban J connectivity index is 2.76. The predicted octanol–water partition coefficient (Wildman–Crippen LogP) is 4.02. The molecule has 2 nitrogen and oxygen atoms in total. The molecule has 1 N–H and O–H groups in total. The Hall–Kier alpha value is -0.730. The molecule has 0 fully saturated rings. The van der Waals surface area contributed by atoms with Crippen LogP contribution in [0, 0.1) is 0 Å². The summed E-state index contributed by atoms with van der Waals surface area (Å²) in [4.78, 5) is 0. The van der Waals surface area contributed by atoms with Gasteiger partial charge in [-0.1, -0.05) is 18.5 Å². The fourth-order valence-corrected chi connectivity index (χ4v) is 1.68. The first-order valence-corrected chi connectivity index (χ1v) is 6.59. The Bertz CT molecular complexity index is 352. The molecule has 0 spiro atoms. The molecule has 0 aliphatic rings. The molecule has 0 saturated carbocycles. The summed E-state index contributed by atoms with van der Waals surface area (Å²) < 4.78 is 5.77. The van der Waals surface area contributed by atoms with E-state index >= 15 is 0 Å². The average molecular weight is 256 g/mol. The number of benzene rings is 1. The second-order valence-electron chi connectivity index (χ2n) is 4.61. The van der Waals surface area contributed by atoms with Crippen molar-refractivity contribution in [2.45, 2.75) is 52.8 Å². The van der Waals surface area contributed by atoms with Gasteiger partial charge in [-0.2, -0.15) is 0 Å². The number of hydrogen-bond acceptors (Lipinski definition) is 2. The van der Waals surface area contributed by atoms with E-state index in [1.807, 2.05) is 32.0 Å². The monoisotopic (exact) mass is 255 g/mol. The fourth-order valence-electron chi connectivity index (χ4n) is 1.48. The first-order chi connectivity index (χ1) is 8.02. The molecule has 0 heterocycles. The number of nitrogens with one attached hydrogen (secondary N) is 1. The minimum Gasteiger partial charge on any atom is -0.491 e. The zero-order valence-corrected chi connectivity index (χ0v) is 11.8. The molecule has 1 atom stereocenters. The summed E-state index contributed by atoms with van der Waals surface area (Å²) >= 11 is 6.02. The topological polar surface area (TPSA) is 21.3 Å². The minimum absolute atomic E-state index is 0.179. The molecule has 3 heteroatoms. The third-order valence-corrected chi connectivity index (χ3v) is 2.87. The van der Waals surface area contributed by atoms with Gasteiger partial charge in [-0.25, -0.2) is 0 Å². The molecule has 1 rings (SSSR count). The van der Waals surface area contributed by atoms with Crippen LogP contribution in [0.25, 0.3) is 0 Å². The number of ether oxygens (including phenoxy) is 1. The Morgan fingerprint density at radius 2 is 2.00 bits per heavy atom. The molecule has 0 aliphatic carbocycles. The Morgan fingerprint density at radius 3 is 2.59 bits per heavy atom. The smallest absolute Gasteiger partial charge is 0.124 e. The molecule has 0 aliphatic heterocycles. The minimum atomic E-state index is 0.179. The number of hydrogen-bond donors (Lipinski definition) is 1. The molecule has 17 heavy (non-hydrogen) atoms. The highest BCUT2D eigenvalue weighted by molar-refractivity contribution is 6.30. The highest BCUT2D eigenvalue weighted by Gasteiger charge is 2.07. The maximum atomic E-state index is 6.02. The van der Waals surface area contributed by atoms with Gasteiger partial charge < -0.3 is 10.1 Å². The standard InChI is InChI=1S/C14H22ClNO/c1-5-11(4)16-9-12-8-13(15)6-7-14(12)17-10(2)3/h6-8,10-11,16H,5,9H2,1-4H3.